The van der Waals surface area contributed by atoms with E-state index in [1.807, 2.05) is 0 Å². The predicted molar refractivity (Wildman–Crippen MR) is 103 cm³/mol. The normalized spacial score (nSPS) is 11.7. The van der Waals surface area contributed by atoms with Gasteiger partial charge in [0.1, 0.15) is 0 Å². The average Bonchev–Trinajstić information content (AvgIpc) is 3.33. The Labute approximate surface area is 166 Å². The zero-order valence-corrected chi connectivity index (χ0v) is 17.0. The van der Waals surface area contributed by atoms with Crippen LogP contribution in [-0.4, -0.2) is 48.7 Å². The third-order valence-electron chi connectivity index (χ3n) is 3.73. The van der Waals surface area contributed by atoms with Crippen molar-refractivity contribution in [1.29, 1.82) is 0 Å². The Balaban J connectivity index is 1.65. The second kappa shape index (κ2) is 8.17. The molecule has 28 heavy (non-hydrogen) atoms. The number of hydrogen-bond acceptors (Lipinski definition) is 8. The van der Waals surface area contributed by atoms with Gasteiger partial charge in [-0.1, -0.05) is 17.8 Å². The molecule has 0 saturated carbocycles. The molecule has 0 aliphatic carbocycles. The summed E-state index contributed by atoms with van der Waals surface area (Å²) in [6, 6.07) is 7.98. The number of rotatable bonds is 7. The van der Waals surface area contributed by atoms with Gasteiger partial charge in [0.05, 0.1) is 16.9 Å². The van der Waals surface area contributed by atoms with Crippen LogP contribution >= 0.6 is 11.8 Å². The van der Waals surface area contributed by atoms with Gasteiger partial charge in [-0.15, -0.1) is 10.2 Å². The van der Waals surface area contributed by atoms with E-state index < -0.39 is 10.0 Å². The first kappa shape index (κ1) is 20.1. The number of sulfonamides is 1. The van der Waals surface area contributed by atoms with Crippen LogP contribution < -0.4 is 5.32 Å². The highest BCUT2D eigenvalue weighted by Gasteiger charge is 2.19. The van der Waals surface area contributed by atoms with E-state index in [0.29, 0.717) is 11.4 Å². The molecule has 0 spiro atoms. The molecule has 0 atom stereocenters. The standard InChI is InChI=1S/C17H18N4O5S2/c1-11-6-7-12(28(23,24)21(2)3)9-13(11)18-15(22)10-27-17-20-19-16(26-17)14-5-4-8-25-14/h4-9H,10H2,1-3H3,(H,18,22). The van der Waals surface area contributed by atoms with Crippen LogP contribution in [-0.2, 0) is 14.8 Å². The molecule has 1 N–H and O–H groups in total. The van der Waals surface area contributed by atoms with Crippen molar-refractivity contribution in [3.8, 4) is 11.7 Å². The molecule has 3 rings (SSSR count). The van der Waals surface area contributed by atoms with E-state index in [4.69, 9.17) is 8.83 Å². The lowest BCUT2D eigenvalue weighted by molar-refractivity contribution is -0.113. The van der Waals surface area contributed by atoms with E-state index in [1.54, 1.807) is 25.1 Å². The van der Waals surface area contributed by atoms with Crippen LogP contribution in [0.15, 0.2) is 55.5 Å². The van der Waals surface area contributed by atoms with Crippen molar-refractivity contribution in [2.75, 3.05) is 25.2 Å². The molecule has 0 fully saturated rings. The second-order valence-corrected chi connectivity index (χ2v) is 9.03. The van der Waals surface area contributed by atoms with Gasteiger partial charge in [0.25, 0.3) is 11.1 Å². The number of aromatic nitrogens is 2. The van der Waals surface area contributed by atoms with Gasteiger partial charge in [-0.3, -0.25) is 4.79 Å². The molecule has 0 bridgehead atoms. The molecule has 2 aromatic heterocycles. The number of nitrogens with one attached hydrogen (secondary N) is 1. The fourth-order valence-electron chi connectivity index (χ4n) is 2.19. The average molecular weight is 422 g/mol. The molecule has 9 nitrogen and oxygen atoms in total. The number of carbonyl (C=O) groups is 1. The fourth-order valence-corrected chi connectivity index (χ4v) is 3.68. The number of carbonyl (C=O) groups excluding carboxylic acids is 1. The highest BCUT2D eigenvalue weighted by Crippen LogP contribution is 2.25. The molecule has 0 saturated heterocycles. The number of anilines is 1. The molecule has 0 unspecified atom stereocenters. The van der Waals surface area contributed by atoms with Crippen LogP contribution in [0.5, 0.6) is 0 Å². The van der Waals surface area contributed by atoms with E-state index in [9.17, 15) is 13.2 Å². The van der Waals surface area contributed by atoms with Crippen molar-refractivity contribution in [3.63, 3.8) is 0 Å². The number of nitrogens with zero attached hydrogens (tertiary/aromatic N) is 3. The van der Waals surface area contributed by atoms with Crippen LogP contribution in [0.3, 0.4) is 0 Å². The summed E-state index contributed by atoms with van der Waals surface area (Å²) in [4.78, 5) is 12.4. The first-order chi connectivity index (χ1) is 13.3. The molecule has 1 amide bonds. The molecule has 0 aliphatic heterocycles. The van der Waals surface area contributed by atoms with Crippen molar-refractivity contribution < 1.29 is 22.0 Å². The zero-order valence-electron chi connectivity index (χ0n) is 15.4. The first-order valence-electron chi connectivity index (χ1n) is 8.10. The molecular weight excluding hydrogens is 404 g/mol. The number of thioether (sulfide) groups is 1. The maximum Gasteiger partial charge on any atom is 0.284 e. The van der Waals surface area contributed by atoms with Gasteiger partial charge in [-0.25, -0.2) is 12.7 Å². The number of amides is 1. The summed E-state index contributed by atoms with van der Waals surface area (Å²) in [7, 11) is -0.692. The van der Waals surface area contributed by atoms with E-state index in [0.717, 1.165) is 21.6 Å². The minimum absolute atomic E-state index is 0.0177. The smallest absolute Gasteiger partial charge is 0.284 e. The summed E-state index contributed by atoms with van der Waals surface area (Å²) >= 11 is 1.07. The van der Waals surface area contributed by atoms with Gasteiger partial charge in [0, 0.05) is 19.8 Å². The minimum Gasteiger partial charge on any atom is -0.459 e. The lowest BCUT2D eigenvalue weighted by Crippen LogP contribution is -2.22. The van der Waals surface area contributed by atoms with Gasteiger partial charge in [-0.05, 0) is 36.8 Å². The van der Waals surface area contributed by atoms with Crippen LogP contribution in [0.1, 0.15) is 5.56 Å². The van der Waals surface area contributed by atoms with E-state index in [2.05, 4.69) is 15.5 Å². The summed E-state index contributed by atoms with van der Waals surface area (Å²) in [6.07, 6.45) is 1.49. The Hall–Kier alpha value is -2.63. The third-order valence-corrected chi connectivity index (χ3v) is 6.36. The summed E-state index contributed by atoms with van der Waals surface area (Å²) in [6.45, 7) is 1.78. The lowest BCUT2D eigenvalue weighted by Gasteiger charge is -2.14. The van der Waals surface area contributed by atoms with Crippen LogP contribution in [0.25, 0.3) is 11.7 Å². The predicted octanol–water partition coefficient (Wildman–Crippen LogP) is 2.62. The molecule has 0 radical (unpaired) electrons. The van der Waals surface area contributed by atoms with Crippen molar-refractivity contribution in [2.45, 2.75) is 17.0 Å². The van der Waals surface area contributed by atoms with E-state index >= 15 is 0 Å². The molecule has 148 valence electrons. The van der Waals surface area contributed by atoms with Crippen molar-refractivity contribution in [1.82, 2.24) is 14.5 Å². The monoisotopic (exact) mass is 422 g/mol. The summed E-state index contributed by atoms with van der Waals surface area (Å²) in [5, 5.41) is 10.7. The lowest BCUT2D eigenvalue weighted by atomic mass is 10.2. The topological polar surface area (TPSA) is 119 Å². The van der Waals surface area contributed by atoms with Crippen LogP contribution in [0.2, 0.25) is 0 Å². The highest BCUT2D eigenvalue weighted by atomic mass is 32.2. The molecule has 0 aliphatic rings. The maximum atomic E-state index is 12.3. The van der Waals surface area contributed by atoms with Crippen molar-refractivity contribution >= 4 is 33.4 Å². The van der Waals surface area contributed by atoms with Gasteiger partial charge < -0.3 is 14.2 Å². The number of hydrogen-bond donors (Lipinski definition) is 1. The Morgan fingerprint density at radius 1 is 1.25 bits per heavy atom. The summed E-state index contributed by atoms with van der Waals surface area (Å²) in [5.41, 5.74) is 1.17. The van der Waals surface area contributed by atoms with Crippen LogP contribution in [0.4, 0.5) is 5.69 Å². The molecular formula is C17H18N4O5S2. The Kier molecular flexibility index (Phi) is 5.87. The first-order valence-corrected chi connectivity index (χ1v) is 10.5. The van der Waals surface area contributed by atoms with Crippen molar-refractivity contribution in [2.24, 2.45) is 0 Å². The highest BCUT2D eigenvalue weighted by molar-refractivity contribution is 7.99. The molecule has 3 aromatic rings. The van der Waals surface area contributed by atoms with Gasteiger partial charge in [0.15, 0.2) is 5.76 Å². The number of furan rings is 1. The number of aryl methyl sites for hydroxylation is 1. The minimum atomic E-state index is -3.59. The van der Waals surface area contributed by atoms with Gasteiger partial charge in [0.2, 0.25) is 15.9 Å². The van der Waals surface area contributed by atoms with Gasteiger partial charge >= 0.3 is 0 Å². The Morgan fingerprint density at radius 2 is 2.04 bits per heavy atom. The second-order valence-electron chi connectivity index (χ2n) is 5.95. The Morgan fingerprint density at radius 3 is 2.71 bits per heavy atom. The Bertz CT molecular complexity index is 1070. The quantitative estimate of drug-likeness (QED) is 0.577. The largest absolute Gasteiger partial charge is 0.459 e. The third kappa shape index (κ3) is 4.43. The van der Waals surface area contributed by atoms with Crippen LogP contribution in [0, 0.1) is 6.92 Å². The molecule has 2 heterocycles. The van der Waals surface area contributed by atoms with Crippen molar-refractivity contribution in [3.05, 3.63) is 42.2 Å². The molecule has 11 heteroatoms. The van der Waals surface area contributed by atoms with E-state index in [-0.39, 0.29) is 27.7 Å². The maximum absolute atomic E-state index is 12.3. The zero-order chi connectivity index (χ0) is 20.3. The fraction of sp³-hybridized carbons (Fsp3) is 0.235. The SMILES string of the molecule is Cc1ccc(S(=O)(=O)N(C)C)cc1NC(=O)CSc1nnc(-c2ccco2)o1. The van der Waals surface area contributed by atoms with E-state index in [1.165, 1.54) is 32.5 Å². The van der Waals surface area contributed by atoms with Gasteiger partial charge in [-0.2, -0.15) is 0 Å². The summed E-state index contributed by atoms with van der Waals surface area (Å²) in [5.74, 6) is 0.359. The summed E-state index contributed by atoms with van der Waals surface area (Å²) < 4.78 is 36.2. The molecule has 1 aromatic carbocycles. The number of benzene rings is 1.